The van der Waals surface area contributed by atoms with Crippen LogP contribution in [0.1, 0.15) is 77.9 Å². The first-order valence-electron chi connectivity index (χ1n) is 8.11. The Hall–Kier alpha value is -1.39. The predicted molar refractivity (Wildman–Crippen MR) is 83.1 cm³/mol. The third kappa shape index (κ3) is 5.48. The van der Waals surface area contributed by atoms with Crippen molar-refractivity contribution < 1.29 is 9.32 Å². The van der Waals surface area contributed by atoms with Gasteiger partial charge in [-0.2, -0.15) is 4.98 Å². The minimum atomic E-state index is 0.182. The van der Waals surface area contributed by atoms with Crippen LogP contribution in [0.15, 0.2) is 4.52 Å². The molecule has 120 valence electrons. The molecule has 1 heterocycles. The molecule has 1 atom stereocenters. The van der Waals surface area contributed by atoms with Gasteiger partial charge in [-0.15, -0.1) is 0 Å². The first-order valence-corrected chi connectivity index (χ1v) is 8.11. The van der Waals surface area contributed by atoms with Crippen molar-refractivity contribution >= 4 is 5.91 Å². The van der Waals surface area contributed by atoms with Crippen molar-refractivity contribution in [2.75, 3.05) is 6.54 Å². The highest BCUT2D eigenvalue weighted by molar-refractivity contribution is 5.76. The number of hydrogen-bond donors (Lipinski definition) is 0. The molecule has 1 rings (SSSR count). The average Bonchev–Trinajstić information content (AvgIpc) is 2.94. The Labute approximate surface area is 128 Å². The maximum Gasteiger partial charge on any atom is 0.227 e. The summed E-state index contributed by atoms with van der Waals surface area (Å²) in [5, 5.41) is 3.93. The topological polar surface area (TPSA) is 59.2 Å². The fraction of sp³-hybridized carbons (Fsp3) is 0.812. The van der Waals surface area contributed by atoms with Crippen molar-refractivity contribution in [1.29, 1.82) is 0 Å². The predicted octanol–water partition coefficient (Wildman–Crippen LogP) is 3.55. The molecule has 0 fully saturated rings. The van der Waals surface area contributed by atoms with Gasteiger partial charge in [0.05, 0.1) is 0 Å². The first-order chi connectivity index (χ1) is 9.99. The van der Waals surface area contributed by atoms with Gasteiger partial charge < -0.3 is 9.42 Å². The Morgan fingerprint density at radius 1 is 1.29 bits per heavy atom. The van der Waals surface area contributed by atoms with Gasteiger partial charge in [-0.1, -0.05) is 39.3 Å². The zero-order valence-electron chi connectivity index (χ0n) is 14.1. The van der Waals surface area contributed by atoms with E-state index >= 15 is 0 Å². The van der Waals surface area contributed by atoms with Gasteiger partial charge in [-0.25, -0.2) is 0 Å². The van der Waals surface area contributed by atoms with Crippen LogP contribution < -0.4 is 0 Å². The molecule has 0 aliphatic rings. The van der Waals surface area contributed by atoms with E-state index in [2.05, 4.69) is 30.9 Å². The maximum absolute atomic E-state index is 12.4. The lowest BCUT2D eigenvalue weighted by Crippen LogP contribution is -2.39. The van der Waals surface area contributed by atoms with E-state index in [0.29, 0.717) is 24.6 Å². The van der Waals surface area contributed by atoms with Crippen molar-refractivity contribution in [3.63, 3.8) is 0 Å². The Balaban J connectivity index is 2.55. The molecule has 0 spiro atoms. The number of unbranched alkanes of at least 4 members (excludes halogenated alkanes) is 1. The lowest BCUT2D eigenvalue weighted by Gasteiger charge is -2.28. The summed E-state index contributed by atoms with van der Waals surface area (Å²) >= 11 is 0. The number of carbonyl (C=O) groups is 1. The molecule has 1 unspecified atom stereocenters. The minimum absolute atomic E-state index is 0.182. The number of hydrogen-bond acceptors (Lipinski definition) is 4. The monoisotopic (exact) mass is 295 g/mol. The highest BCUT2D eigenvalue weighted by atomic mass is 16.5. The largest absolute Gasteiger partial charge is 0.340 e. The number of aryl methyl sites for hydroxylation is 1. The van der Waals surface area contributed by atoms with Crippen LogP contribution in [0.25, 0.3) is 0 Å². The summed E-state index contributed by atoms with van der Waals surface area (Å²) in [6.07, 6.45) is 4.09. The van der Waals surface area contributed by atoms with Crippen molar-refractivity contribution in [2.24, 2.45) is 0 Å². The van der Waals surface area contributed by atoms with Gasteiger partial charge in [0, 0.05) is 31.3 Å². The Bertz CT molecular complexity index is 429. The molecule has 0 saturated heterocycles. The van der Waals surface area contributed by atoms with Crippen molar-refractivity contribution in [3.05, 3.63) is 11.7 Å². The van der Waals surface area contributed by atoms with Gasteiger partial charge in [0.15, 0.2) is 5.82 Å². The molecule has 0 aliphatic carbocycles. The summed E-state index contributed by atoms with van der Waals surface area (Å²) in [5.74, 6) is 1.70. The van der Waals surface area contributed by atoms with Crippen LogP contribution in [0.4, 0.5) is 0 Å². The van der Waals surface area contributed by atoms with Crippen molar-refractivity contribution in [2.45, 2.75) is 78.7 Å². The van der Waals surface area contributed by atoms with Crippen LogP contribution in [-0.4, -0.2) is 33.5 Å². The molecular formula is C16H29N3O2. The van der Waals surface area contributed by atoms with Crippen LogP contribution >= 0.6 is 0 Å². The van der Waals surface area contributed by atoms with Gasteiger partial charge in [0.1, 0.15) is 0 Å². The fourth-order valence-electron chi connectivity index (χ4n) is 2.10. The van der Waals surface area contributed by atoms with E-state index < -0.39 is 0 Å². The van der Waals surface area contributed by atoms with Gasteiger partial charge in [0.2, 0.25) is 11.8 Å². The molecule has 0 aliphatic heterocycles. The molecule has 21 heavy (non-hydrogen) atoms. The first kappa shape index (κ1) is 17.7. The zero-order chi connectivity index (χ0) is 15.8. The summed E-state index contributed by atoms with van der Waals surface area (Å²) in [6, 6.07) is 0.290. The lowest BCUT2D eigenvalue weighted by molar-refractivity contribution is -0.133. The normalized spacial score (nSPS) is 12.7. The second-order valence-corrected chi connectivity index (χ2v) is 5.90. The highest BCUT2D eigenvalue weighted by Gasteiger charge is 2.19. The number of nitrogens with zero attached hydrogens (tertiary/aromatic N) is 3. The standard InChI is InChI=1S/C16H29N3O2/c1-6-8-11-19(13(5)7-2)15(20)10-9-14-17-16(12(3)4)18-21-14/h12-13H,6-11H2,1-5H3. The van der Waals surface area contributed by atoms with E-state index in [1.165, 1.54) is 0 Å². The molecule has 0 bridgehead atoms. The van der Waals surface area contributed by atoms with Gasteiger partial charge in [-0.3, -0.25) is 4.79 Å². The molecule has 0 aromatic carbocycles. The van der Waals surface area contributed by atoms with Crippen LogP contribution in [0.5, 0.6) is 0 Å². The molecule has 0 N–H and O–H groups in total. The van der Waals surface area contributed by atoms with Crippen LogP contribution in [0.2, 0.25) is 0 Å². The molecule has 5 nitrogen and oxygen atoms in total. The minimum Gasteiger partial charge on any atom is -0.340 e. The van der Waals surface area contributed by atoms with Gasteiger partial charge >= 0.3 is 0 Å². The van der Waals surface area contributed by atoms with Crippen LogP contribution in [0.3, 0.4) is 0 Å². The second-order valence-electron chi connectivity index (χ2n) is 5.90. The van der Waals surface area contributed by atoms with Crippen molar-refractivity contribution in [3.8, 4) is 0 Å². The third-order valence-electron chi connectivity index (χ3n) is 3.75. The highest BCUT2D eigenvalue weighted by Crippen LogP contribution is 2.13. The summed E-state index contributed by atoms with van der Waals surface area (Å²) in [5.41, 5.74) is 0. The Morgan fingerprint density at radius 3 is 2.52 bits per heavy atom. The molecular weight excluding hydrogens is 266 g/mol. The molecule has 1 aromatic heterocycles. The molecule has 0 radical (unpaired) electrons. The Morgan fingerprint density at radius 2 is 2.00 bits per heavy atom. The zero-order valence-corrected chi connectivity index (χ0v) is 14.1. The summed E-state index contributed by atoms with van der Waals surface area (Å²) in [6.45, 7) is 11.3. The number of rotatable bonds is 9. The van der Waals surface area contributed by atoms with E-state index in [0.717, 1.165) is 25.8 Å². The van der Waals surface area contributed by atoms with E-state index in [-0.39, 0.29) is 17.9 Å². The summed E-state index contributed by atoms with van der Waals surface area (Å²) in [7, 11) is 0. The van der Waals surface area contributed by atoms with Gasteiger partial charge in [0.25, 0.3) is 0 Å². The fourth-order valence-corrected chi connectivity index (χ4v) is 2.10. The van der Waals surface area contributed by atoms with Gasteiger partial charge in [-0.05, 0) is 19.8 Å². The molecule has 1 amide bonds. The van der Waals surface area contributed by atoms with E-state index in [4.69, 9.17) is 4.52 Å². The van der Waals surface area contributed by atoms with Crippen LogP contribution in [-0.2, 0) is 11.2 Å². The maximum atomic E-state index is 12.4. The summed E-state index contributed by atoms with van der Waals surface area (Å²) in [4.78, 5) is 18.7. The van der Waals surface area contributed by atoms with E-state index in [1.807, 2.05) is 18.7 Å². The van der Waals surface area contributed by atoms with E-state index in [1.54, 1.807) is 0 Å². The Kier molecular flexibility index (Phi) is 7.40. The smallest absolute Gasteiger partial charge is 0.227 e. The average molecular weight is 295 g/mol. The summed E-state index contributed by atoms with van der Waals surface area (Å²) < 4.78 is 5.19. The quantitative estimate of drug-likeness (QED) is 0.699. The SMILES string of the molecule is CCCCN(C(=O)CCc1nc(C(C)C)no1)C(C)CC. The van der Waals surface area contributed by atoms with Crippen LogP contribution in [0, 0.1) is 0 Å². The third-order valence-corrected chi connectivity index (χ3v) is 3.75. The number of carbonyl (C=O) groups excluding carboxylic acids is 1. The van der Waals surface area contributed by atoms with Crippen molar-refractivity contribution in [1.82, 2.24) is 15.0 Å². The lowest BCUT2D eigenvalue weighted by atomic mass is 10.1. The molecule has 5 heteroatoms. The second kappa shape index (κ2) is 8.80. The number of amides is 1. The van der Waals surface area contributed by atoms with E-state index in [9.17, 15) is 4.79 Å². The molecule has 1 aromatic rings. The molecule has 0 saturated carbocycles. The number of aromatic nitrogens is 2.